The molecule has 0 bridgehead atoms. The molecule has 39 heavy (non-hydrogen) atoms. The summed E-state index contributed by atoms with van der Waals surface area (Å²) in [6.07, 6.45) is 3.70. The van der Waals surface area contributed by atoms with Crippen LogP contribution in [0.4, 0.5) is 0 Å². The van der Waals surface area contributed by atoms with Crippen molar-refractivity contribution >= 4 is 15.7 Å². The van der Waals surface area contributed by atoms with Gasteiger partial charge in [-0.15, -0.1) is 0 Å². The van der Waals surface area contributed by atoms with Gasteiger partial charge in [-0.05, 0) is 29.5 Å². The first kappa shape index (κ1) is 26.8. The van der Waals surface area contributed by atoms with Crippen molar-refractivity contribution in [2.24, 2.45) is 0 Å². The fourth-order valence-corrected chi connectivity index (χ4v) is 6.42. The highest BCUT2D eigenvalue weighted by molar-refractivity contribution is 7.90. The maximum absolute atomic E-state index is 13.6. The van der Waals surface area contributed by atoms with Gasteiger partial charge in [-0.2, -0.15) is 0 Å². The second-order valence-electron chi connectivity index (χ2n) is 9.92. The minimum atomic E-state index is -3.75. The lowest BCUT2D eigenvalue weighted by molar-refractivity contribution is -0.132. The van der Waals surface area contributed by atoms with E-state index in [2.05, 4.69) is 4.98 Å². The van der Waals surface area contributed by atoms with Crippen molar-refractivity contribution in [3.8, 4) is 0 Å². The average Bonchev–Trinajstić information content (AvgIpc) is 3.60. The Morgan fingerprint density at radius 2 is 1.51 bits per heavy atom. The zero-order valence-corrected chi connectivity index (χ0v) is 22.7. The zero-order valence-electron chi connectivity index (χ0n) is 21.9. The molecule has 1 aliphatic rings. The van der Waals surface area contributed by atoms with Gasteiger partial charge in [0.15, 0.2) is 0 Å². The fourth-order valence-electron chi connectivity index (χ4n) is 4.93. The number of imidazole rings is 1. The third kappa shape index (κ3) is 7.02. The number of amides is 1. The van der Waals surface area contributed by atoms with Crippen LogP contribution < -0.4 is 0 Å². The lowest BCUT2D eigenvalue weighted by Crippen LogP contribution is -2.38. The molecule has 1 unspecified atom stereocenters. The van der Waals surface area contributed by atoms with Gasteiger partial charge in [0.2, 0.25) is 20.9 Å². The van der Waals surface area contributed by atoms with E-state index in [1.165, 1.54) is 0 Å². The number of benzene rings is 3. The van der Waals surface area contributed by atoms with Gasteiger partial charge in [0.25, 0.3) is 0 Å². The van der Waals surface area contributed by atoms with Crippen molar-refractivity contribution in [3.63, 3.8) is 0 Å². The molecule has 7 nitrogen and oxygen atoms in total. The van der Waals surface area contributed by atoms with Crippen molar-refractivity contribution in [3.05, 3.63) is 120 Å². The summed E-state index contributed by atoms with van der Waals surface area (Å²) >= 11 is 0. The van der Waals surface area contributed by atoms with E-state index >= 15 is 0 Å². The Morgan fingerprint density at radius 1 is 0.897 bits per heavy atom. The molecule has 2 heterocycles. The first-order valence-electron chi connectivity index (χ1n) is 13.3. The van der Waals surface area contributed by atoms with Crippen LogP contribution in [0.25, 0.3) is 0 Å². The number of carbonyl (C=O) groups is 1. The van der Waals surface area contributed by atoms with Gasteiger partial charge in [-0.1, -0.05) is 91.0 Å². The highest BCUT2D eigenvalue weighted by atomic mass is 32.2. The number of rotatable bonds is 11. The SMILES string of the molecule is O=C(Cc1ccccc1)N(Cc1cnc(S(=O)(=O)Cc2ccccc2)n1Cc1ccccc1)CC1CCCO1. The molecule has 0 aliphatic carbocycles. The van der Waals surface area contributed by atoms with E-state index in [-0.39, 0.29) is 35.9 Å². The minimum absolute atomic E-state index is 0.0118. The molecule has 0 spiro atoms. The Morgan fingerprint density at radius 3 is 2.13 bits per heavy atom. The highest BCUT2D eigenvalue weighted by Gasteiger charge is 2.28. The Hall–Kier alpha value is -3.75. The summed E-state index contributed by atoms with van der Waals surface area (Å²) in [6.45, 7) is 1.72. The molecule has 1 saturated heterocycles. The second-order valence-corrected chi connectivity index (χ2v) is 11.8. The van der Waals surface area contributed by atoms with E-state index in [4.69, 9.17) is 4.74 Å². The van der Waals surface area contributed by atoms with Gasteiger partial charge in [-0.3, -0.25) is 4.79 Å². The Bertz CT molecular complexity index is 1470. The predicted octanol–water partition coefficient (Wildman–Crippen LogP) is 4.66. The number of hydrogen-bond acceptors (Lipinski definition) is 5. The summed E-state index contributed by atoms with van der Waals surface area (Å²) in [5.41, 5.74) is 3.26. The smallest absolute Gasteiger partial charge is 0.228 e. The van der Waals surface area contributed by atoms with Crippen LogP contribution in [-0.4, -0.2) is 48.0 Å². The maximum Gasteiger partial charge on any atom is 0.228 e. The Labute approximate surface area is 230 Å². The molecular weight excluding hydrogens is 510 g/mol. The van der Waals surface area contributed by atoms with Crippen molar-refractivity contribution in [1.29, 1.82) is 0 Å². The third-order valence-corrected chi connectivity index (χ3v) is 8.51. The number of carbonyl (C=O) groups excluding carboxylic acids is 1. The van der Waals surface area contributed by atoms with Crippen molar-refractivity contribution in [2.75, 3.05) is 13.2 Å². The molecule has 202 valence electrons. The van der Waals surface area contributed by atoms with Crippen LogP contribution in [0, 0.1) is 0 Å². The van der Waals surface area contributed by atoms with Crippen LogP contribution >= 0.6 is 0 Å². The molecular formula is C31H33N3O4S. The first-order valence-corrected chi connectivity index (χ1v) is 14.9. The fraction of sp³-hybridized carbons (Fsp3) is 0.290. The molecule has 1 amide bonds. The lowest BCUT2D eigenvalue weighted by atomic mass is 10.1. The second kappa shape index (κ2) is 12.4. The van der Waals surface area contributed by atoms with Gasteiger partial charge in [0.1, 0.15) is 0 Å². The van der Waals surface area contributed by atoms with Crippen LogP contribution in [0.15, 0.2) is 102 Å². The van der Waals surface area contributed by atoms with E-state index in [0.29, 0.717) is 31.0 Å². The largest absolute Gasteiger partial charge is 0.376 e. The van der Waals surface area contributed by atoms with E-state index in [1.54, 1.807) is 27.8 Å². The van der Waals surface area contributed by atoms with Crippen LogP contribution in [0.1, 0.15) is 35.2 Å². The average molecular weight is 544 g/mol. The van der Waals surface area contributed by atoms with Crippen LogP contribution in [0.5, 0.6) is 0 Å². The van der Waals surface area contributed by atoms with Gasteiger partial charge in [-0.25, -0.2) is 13.4 Å². The lowest BCUT2D eigenvalue weighted by Gasteiger charge is -2.26. The van der Waals surface area contributed by atoms with Gasteiger partial charge in [0, 0.05) is 13.2 Å². The van der Waals surface area contributed by atoms with Gasteiger partial charge in [0.05, 0.1) is 43.3 Å². The topological polar surface area (TPSA) is 81.5 Å². The first-order chi connectivity index (χ1) is 19.0. The minimum Gasteiger partial charge on any atom is -0.376 e. The molecule has 1 aromatic heterocycles. The van der Waals surface area contributed by atoms with E-state index in [9.17, 15) is 13.2 Å². The normalized spacial score (nSPS) is 15.3. The number of aromatic nitrogens is 2. The number of nitrogens with zero attached hydrogens (tertiary/aromatic N) is 3. The van der Waals surface area contributed by atoms with Crippen LogP contribution in [0.2, 0.25) is 0 Å². The Kier molecular flexibility index (Phi) is 8.54. The summed E-state index contributed by atoms with van der Waals surface area (Å²) in [5, 5.41) is 0.0118. The molecule has 0 radical (unpaired) electrons. The number of ether oxygens (including phenoxy) is 1. The van der Waals surface area contributed by atoms with E-state index in [0.717, 1.165) is 24.0 Å². The quantitative estimate of drug-likeness (QED) is 0.275. The molecule has 5 rings (SSSR count). The molecule has 3 aromatic carbocycles. The number of hydrogen-bond donors (Lipinski definition) is 0. The zero-order chi connectivity index (χ0) is 27.1. The van der Waals surface area contributed by atoms with E-state index in [1.807, 2.05) is 78.9 Å². The van der Waals surface area contributed by atoms with Crippen molar-refractivity contribution in [2.45, 2.75) is 49.4 Å². The molecule has 4 aromatic rings. The van der Waals surface area contributed by atoms with Crippen molar-refractivity contribution in [1.82, 2.24) is 14.5 Å². The molecule has 0 N–H and O–H groups in total. The maximum atomic E-state index is 13.6. The van der Waals surface area contributed by atoms with Crippen LogP contribution in [-0.2, 0) is 44.6 Å². The van der Waals surface area contributed by atoms with Crippen LogP contribution in [0.3, 0.4) is 0 Å². The van der Waals surface area contributed by atoms with Crippen molar-refractivity contribution < 1.29 is 17.9 Å². The van der Waals surface area contributed by atoms with Gasteiger partial charge >= 0.3 is 0 Å². The molecule has 0 saturated carbocycles. The number of sulfone groups is 1. The standard InChI is InChI=1S/C31H33N3O4S/c35-30(19-25-11-4-1-5-12-25)33(23-29-17-10-18-38-29)22-28-20-32-31(34(28)21-26-13-6-2-7-14-26)39(36,37)24-27-15-8-3-9-16-27/h1-9,11-16,20,29H,10,17-19,21-24H2. The predicted molar refractivity (Wildman–Crippen MR) is 150 cm³/mol. The summed E-state index contributed by atoms with van der Waals surface area (Å²) in [4.78, 5) is 19.7. The van der Waals surface area contributed by atoms with E-state index < -0.39 is 9.84 Å². The summed E-state index contributed by atoms with van der Waals surface area (Å²) < 4.78 is 34.8. The summed E-state index contributed by atoms with van der Waals surface area (Å²) in [7, 11) is -3.75. The summed E-state index contributed by atoms with van der Waals surface area (Å²) in [6, 6.07) is 28.5. The monoisotopic (exact) mass is 543 g/mol. The molecule has 1 atom stereocenters. The molecule has 1 aliphatic heterocycles. The Balaban J connectivity index is 1.47. The molecule has 1 fully saturated rings. The third-order valence-electron chi connectivity index (χ3n) is 6.91. The van der Waals surface area contributed by atoms with Gasteiger partial charge < -0.3 is 14.2 Å². The summed E-state index contributed by atoms with van der Waals surface area (Å²) in [5.74, 6) is -0.177. The molecule has 8 heteroatoms. The highest BCUT2D eigenvalue weighted by Crippen LogP contribution is 2.22.